The molecule has 0 radical (unpaired) electrons. The van der Waals surface area contributed by atoms with E-state index in [9.17, 15) is 19.5 Å². The van der Waals surface area contributed by atoms with Crippen LogP contribution in [0.25, 0.3) is 0 Å². The van der Waals surface area contributed by atoms with Gasteiger partial charge in [0.1, 0.15) is 0 Å². The van der Waals surface area contributed by atoms with Gasteiger partial charge in [-0.2, -0.15) is 0 Å². The number of carbonyl (C=O) groups is 3. The smallest absolute Gasteiger partial charge is 0.307 e. The lowest BCUT2D eigenvalue weighted by molar-refractivity contribution is -0.148. The van der Waals surface area contributed by atoms with E-state index in [1.165, 1.54) is 0 Å². The number of amides is 2. The first-order valence-corrected chi connectivity index (χ1v) is 10.5. The minimum atomic E-state index is -0.892. The van der Waals surface area contributed by atoms with Gasteiger partial charge in [-0.05, 0) is 30.1 Å². The Labute approximate surface area is 170 Å². The number of hydrogen-bond acceptors (Lipinski definition) is 3. The number of carboxylic acid groups (broad SMARTS) is 1. The highest BCUT2D eigenvalue weighted by Crippen LogP contribution is 2.46. The highest BCUT2D eigenvalue weighted by molar-refractivity contribution is 5.85. The summed E-state index contributed by atoms with van der Waals surface area (Å²) in [7, 11) is 0. The molecule has 162 valence electrons. The molecule has 1 saturated carbocycles. The fourth-order valence-electron chi connectivity index (χ4n) is 4.17. The first-order valence-electron chi connectivity index (χ1n) is 10.5. The van der Waals surface area contributed by atoms with Crippen molar-refractivity contribution in [2.45, 2.75) is 80.6 Å². The molecule has 0 bridgehead atoms. The van der Waals surface area contributed by atoms with Crippen molar-refractivity contribution < 1.29 is 19.5 Å². The Kier molecular flexibility index (Phi) is 8.10. The summed E-state index contributed by atoms with van der Waals surface area (Å²) in [4.78, 5) is 36.8. The van der Waals surface area contributed by atoms with E-state index >= 15 is 0 Å². The minimum absolute atomic E-state index is 0.00903. The van der Waals surface area contributed by atoms with E-state index in [1.807, 2.05) is 6.92 Å². The second-order valence-corrected chi connectivity index (χ2v) is 10.7. The van der Waals surface area contributed by atoms with Crippen LogP contribution in [0, 0.1) is 28.1 Å². The Morgan fingerprint density at radius 2 is 1.36 bits per heavy atom. The van der Waals surface area contributed by atoms with Crippen molar-refractivity contribution in [3.8, 4) is 0 Å². The summed E-state index contributed by atoms with van der Waals surface area (Å²) >= 11 is 0. The Bertz CT molecular complexity index is 574. The third kappa shape index (κ3) is 6.49. The molecule has 6 nitrogen and oxygen atoms in total. The van der Waals surface area contributed by atoms with Gasteiger partial charge in [0.2, 0.25) is 11.8 Å². The lowest BCUT2D eigenvalue weighted by Gasteiger charge is -2.44. The van der Waals surface area contributed by atoms with Crippen molar-refractivity contribution in [1.82, 2.24) is 10.6 Å². The largest absolute Gasteiger partial charge is 0.481 e. The molecule has 1 rings (SSSR count). The van der Waals surface area contributed by atoms with Crippen LogP contribution in [0.4, 0.5) is 0 Å². The Balaban J connectivity index is 2.60. The normalized spacial score (nSPS) is 22.8. The van der Waals surface area contributed by atoms with Crippen LogP contribution in [0.3, 0.4) is 0 Å². The van der Waals surface area contributed by atoms with Crippen LogP contribution in [0.2, 0.25) is 0 Å². The van der Waals surface area contributed by atoms with Gasteiger partial charge >= 0.3 is 5.97 Å². The van der Waals surface area contributed by atoms with Gasteiger partial charge < -0.3 is 15.7 Å². The summed E-state index contributed by atoms with van der Waals surface area (Å²) in [6, 6.07) is 0. The average Bonchev–Trinajstić information content (AvgIpc) is 2.55. The highest BCUT2D eigenvalue weighted by Gasteiger charge is 2.46. The third-order valence-electron chi connectivity index (χ3n) is 6.17. The molecular weight excluding hydrogens is 356 g/mol. The molecule has 1 aliphatic carbocycles. The molecule has 3 unspecified atom stereocenters. The minimum Gasteiger partial charge on any atom is -0.481 e. The van der Waals surface area contributed by atoms with Crippen molar-refractivity contribution in [3.05, 3.63) is 0 Å². The maximum Gasteiger partial charge on any atom is 0.307 e. The molecule has 0 aromatic carbocycles. The van der Waals surface area contributed by atoms with Crippen LogP contribution in [-0.2, 0) is 14.4 Å². The van der Waals surface area contributed by atoms with Gasteiger partial charge in [-0.15, -0.1) is 0 Å². The molecule has 0 spiro atoms. The number of nitrogens with one attached hydrogen (secondary N) is 2. The molecule has 3 N–H and O–H groups in total. The fourth-order valence-corrected chi connectivity index (χ4v) is 4.17. The van der Waals surface area contributed by atoms with Gasteiger partial charge in [0.05, 0.1) is 17.3 Å². The number of carbonyl (C=O) groups excluding carboxylic acids is 2. The molecule has 0 aromatic heterocycles. The predicted molar refractivity (Wildman–Crippen MR) is 111 cm³/mol. The van der Waals surface area contributed by atoms with E-state index in [-0.39, 0.29) is 22.6 Å². The summed E-state index contributed by atoms with van der Waals surface area (Å²) < 4.78 is 0. The topological polar surface area (TPSA) is 95.5 Å². The lowest BCUT2D eigenvalue weighted by Crippen LogP contribution is -2.50. The quantitative estimate of drug-likeness (QED) is 0.573. The van der Waals surface area contributed by atoms with Crippen LogP contribution < -0.4 is 10.6 Å². The van der Waals surface area contributed by atoms with Crippen LogP contribution in [0.5, 0.6) is 0 Å². The maximum absolute atomic E-state index is 13.0. The van der Waals surface area contributed by atoms with Crippen LogP contribution in [0.15, 0.2) is 0 Å². The second-order valence-electron chi connectivity index (χ2n) is 10.7. The third-order valence-corrected chi connectivity index (χ3v) is 6.17. The fraction of sp³-hybridized carbons (Fsp3) is 0.864. The van der Waals surface area contributed by atoms with Gasteiger partial charge in [0, 0.05) is 13.1 Å². The van der Waals surface area contributed by atoms with E-state index < -0.39 is 23.2 Å². The highest BCUT2D eigenvalue weighted by atomic mass is 16.4. The molecular formula is C22H40N2O4. The molecule has 1 fully saturated rings. The summed E-state index contributed by atoms with van der Waals surface area (Å²) in [6.07, 6.45) is 3.67. The van der Waals surface area contributed by atoms with E-state index in [2.05, 4.69) is 52.2 Å². The maximum atomic E-state index is 13.0. The SMILES string of the molecule is CC(C)(C)CC(C)(C(=O)NCCNC(=O)C1CCCCC1C(=O)O)C(C)(C)C. The molecule has 0 aromatic rings. The van der Waals surface area contributed by atoms with Gasteiger partial charge in [-0.1, -0.05) is 61.3 Å². The zero-order chi connectivity index (χ0) is 21.8. The summed E-state index contributed by atoms with van der Waals surface area (Å²) in [5.74, 6) is -2.18. The monoisotopic (exact) mass is 396 g/mol. The summed E-state index contributed by atoms with van der Waals surface area (Å²) in [5, 5.41) is 15.1. The van der Waals surface area contributed by atoms with Gasteiger partial charge in [-0.25, -0.2) is 0 Å². The van der Waals surface area contributed by atoms with Gasteiger partial charge in [0.15, 0.2) is 0 Å². The van der Waals surface area contributed by atoms with E-state index in [4.69, 9.17) is 0 Å². The molecule has 28 heavy (non-hydrogen) atoms. The van der Waals surface area contributed by atoms with E-state index in [0.717, 1.165) is 19.3 Å². The van der Waals surface area contributed by atoms with Crippen molar-refractivity contribution in [1.29, 1.82) is 0 Å². The summed E-state index contributed by atoms with van der Waals surface area (Å²) in [5.41, 5.74) is -0.724. The van der Waals surface area contributed by atoms with Gasteiger partial charge in [-0.3, -0.25) is 14.4 Å². The molecule has 0 aliphatic heterocycles. The number of carboxylic acids is 1. The molecule has 0 saturated heterocycles. The van der Waals surface area contributed by atoms with E-state index in [0.29, 0.717) is 25.9 Å². The molecule has 1 aliphatic rings. The van der Waals surface area contributed by atoms with Crippen molar-refractivity contribution >= 4 is 17.8 Å². The average molecular weight is 397 g/mol. The van der Waals surface area contributed by atoms with Gasteiger partial charge in [0.25, 0.3) is 0 Å². The zero-order valence-corrected chi connectivity index (χ0v) is 18.8. The molecule has 6 heteroatoms. The molecule has 3 atom stereocenters. The standard InChI is InChI=1S/C22H40N2O4/c1-20(2,3)14-22(7,21(4,5)6)19(28)24-13-12-23-17(25)15-10-8-9-11-16(15)18(26)27/h15-16H,8-14H2,1-7H3,(H,23,25)(H,24,28)(H,26,27). The van der Waals surface area contributed by atoms with Crippen LogP contribution in [-0.4, -0.2) is 36.0 Å². The second kappa shape index (κ2) is 9.27. The number of hydrogen-bond donors (Lipinski definition) is 3. The lowest BCUT2D eigenvalue weighted by atomic mass is 9.61. The van der Waals surface area contributed by atoms with Crippen molar-refractivity contribution in [3.63, 3.8) is 0 Å². The molecule has 0 heterocycles. The zero-order valence-electron chi connectivity index (χ0n) is 18.8. The number of aliphatic carboxylic acids is 1. The Hall–Kier alpha value is -1.59. The first kappa shape index (κ1) is 24.4. The van der Waals surface area contributed by atoms with E-state index in [1.54, 1.807) is 0 Å². The van der Waals surface area contributed by atoms with Crippen LogP contribution >= 0.6 is 0 Å². The first-order chi connectivity index (χ1) is 12.7. The Morgan fingerprint density at radius 3 is 1.82 bits per heavy atom. The van der Waals surface area contributed by atoms with Crippen LogP contribution in [0.1, 0.15) is 80.6 Å². The molecule has 2 amide bonds. The Morgan fingerprint density at radius 1 is 0.857 bits per heavy atom. The van der Waals surface area contributed by atoms with Crippen molar-refractivity contribution in [2.75, 3.05) is 13.1 Å². The predicted octanol–water partition coefficient (Wildman–Crippen LogP) is 3.60. The summed E-state index contributed by atoms with van der Waals surface area (Å²) in [6.45, 7) is 15.3. The van der Waals surface area contributed by atoms with Crippen molar-refractivity contribution in [2.24, 2.45) is 28.1 Å². The number of rotatable bonds is 7.